The van der Waals surface area contributed by atoms with E-state index >= 15 is 0 Å². The average molecular weight is 371 g/mol. The van der Waals surface area contributed by atoms with Crippen molar-refractivity contribution in [1.82, 2.24) is 0 Å². The smallest absolute Gasteiger partial charge is 0.507 e. The lowest BCUT2D eigenvalue weighted by Crippen LogP contribution is -2.17. The van der Waals surface area contributed by atoms with Crippen LogP contribution in [0, 0.1) is 6.92 Å². The van der Waals surface area contributed by atoms with Gasteiger partial charge in [-0.15, -0.1) is 13.2 Å². The van der Waals surface area contributed by atoms with Gasteiger partial charge in [-0.2, -0.15) is 0 Å². The Morgan fingerprint density at radius 2 is 1.92 bits per heavy atom. The molecular weight excluding hydrogens is 361 g/mol. The molecule has 0 bridgehead atoms. The number of aromatic hydroxyl groups is 1. The number of ether oxygens (including phenoxy) is 1. The van der Waals surface area contributed by atoms with Crippen LogP contribution in [-0.2, 0) is 0 Å². The molecule has 1 heterocycles. The molecule has 3 rings (SSSR count). The minimum absolute atomic E-state index is 0.0692. The number of aryl methyl sites for hydroxylation is 1. The standard InChI is InChI=1S/C17H10ClF3O4/c1-8-5-12(22)10(6-14(8)25-17(19,20)21)15-7-13(23)9-3-2-4-11(18)16(9)24-15/h2-7,22H,1H3. The summed E-state index contributed by atoms with van der Waals surface area (Å²) in [5.41, 5.74) is -0.426. The predicted octanol–water partition coefficient (Wildman–Crippen LogP) is 5.03. The first kappa shape index (κ1) is 17.2. The van der Waals surface area contributed by atoms with E-state index in [1.807, 2.05) is 0 Å². The predicted molar refractivity (Wildman–Crippen MR) is 86.0 cm³/mol. The van der Waals surface area contributed by atoms with Crippen molar-refractivity contribution in [3.63, 3.8) is 0 Å². The van der Waals surface area contributed by atoms with Crippen molar-refractivity contribution in [1.29, 1.82) is 0 Å². The largest absolute Gasteiger partial charge is 0.573 e. The Bertz CT molecular complexity index is 1020. The molecule has 1 aromatic heterocycles. The number of hydrogen-bond acceptors (Lipinski definition) is 4. The molecule has 0 aliphatic rings. The Balaban J connectivity index is 2.23. The Morgan fingerprint density at radius 1 is 1.20 bits per heavy atom. The van der Waals surface area contributed by atoms with Crippen LogP contribution in [0.4, 0.5) is 13.2 Å². The second-order valence-corrected chi connectivity index (χ2v) is 5.68. The molecule has 0 saturated heterocycles. The van der Waals surface area contributed by atoms with Crippen molar-refractivity contribution in [2.75, 3.05) is 0 Å². The quantitative estimate of drug-likeness (QED) is 0.687. The lowest BCUT2D eigenvalue weighted by Gasteiger charge is -2.14. The number of alkyl halides is 3. The third-order valence-electron chi connectivity index (χ3n) is 3.49. The molecule has 1 N–H and O–H groups in total. The fourth-order valence-electron chi connectivity index (χ4n) is 2.38. The van der Waals surface area contributed by atoms with E-state index in [-0.39, 0.29) is 38.6 Å². The van der Waals surface area contributed by atoms with Gasteiger partial charge in [-0.3, -0.25) is 4.79 Å². The second-order valence-electron chi connectivity index (χ2n) is 5.27. The summed E-state index contributed by atoms with van der Waals surface area (Å²) in [6.07, 6.45) is -4.90. The first-order chi connectivity index (χ1) is 11.7. The van der Waals surface area contributed by atoms with Crippen LogP contribution in [0.5, 0.6) is 11.5 Å². The Labute approximate surface area is 144 Å². The zero-order valence-corrected chi connectivity index (χ0v) is 13.4. The second kappa shape index (κ2) is 6.00. The van der Waals surface area contributed by atoms with Gasteiger partial charge in [0.1, 0.15) is 17.3 Å². The van der Waals surface area contributed by atoms with E-state index in [1.54, 1.807) is 6.07 Å². The van der Waals surface area contributed by atoms with Crippen LogP contribution in [0.3, 0.4) is 0 Å². The van der Waals surface area contributed by atoms with E-state index in [4.69, 9.17) is 16.0 Å². The number of para-hydroxylation sites is 1. The lowest BCUT2D eigenvalue weighted by molar-refractivity contribution is -0.274. The van der Waals surface area contributed by atoms with E-state index in [0.29, 0.717) is 0 Å². The minimum atomic E-state index is -4.90. The maximum atomic E-state index is 12.5. The van der Waals surface area contributed by atoms with Gasteiger partial charge < -0.3 is 14.3 Å². The maximum Gasteiger partial charge on any atom is 0.573 e. The van der Waals surface area contributed by atoms with Crippen LogP contribution in [-0.4, -0.2) is 11.5 Å². The summed E-state index contributed by atoms with van der Waals surface area (Å²) in [7, 11) is 0. The van der Waals surface area contributed by atoms with E-state index in [0.717, 1.165) is 18.2 Å². The van der Waals surface area contributed by atoms with Crippen LogP contribution in [0.2, 0.25) is 5.02 Å². The Hall–Kier alpha value is -2.67. The molecule has 0 unspecified atom stereocenters. The van der Waals surface area contributed by atoms with Gasteiger partial charge >= 0.3 is 6.36 Å². The minimum Gasteiger partial charge on any atom is -0.507 e. The van der Waals surface area contributed by atoms with Gasteiger partial charge in [-0.25, -0.2) is 0 Å². The summed E-state index contributed by atoms with van der Waals surface area (Å²) in [4.78, 5) is 12.2. The lowest BCUT2D eigenvalue weighted by atomic mass is 10.1. The number of phenols is 1. The summed E-state index contributed by atoms with van der Waals surface area (Å²) in [5.74, 6) is -1.00. The van der Waals surface area contributed by atoms with Crippen molar-refractivity contribution in [3.05, 3.63) is 57.2 Å². The Morgan fingerprint density at radius 3 is 2.60 bits per heavy atom. The molecule has 2 aromatic carbocycles. The molecule has 0 fully saturated rings. The summed E-state index contributed by atoms with van der Waals surface area (Å²) in [6.45, 7) is 1.35. The molecule has 0 aliphatic carbocycles. The van der Waals surface area contributed by atoms with Crippen molar-refractivity contribution >= 4 is 22.6 Å². The van der Waals surface area contributed by atoms with E-state index in [9.17, 15) is 23.1 Å². The molecule has 0 atom stereocenters. The highest BCUT2D eigenvalue weighted by Gasteiger charge is 2.32. The van der Waals surface area contributed by atoms with Crippen LogP contribution >= 0.6 is 11.6 Å². The summed E-state index contributed by atoms with van der Waals surface area (Å²) in [5, 5.41) is 10.4. The van der Waals surface area contributed by atoms with E-state index in [1.165, 1.54) is 19.1 Å². The molecular formula is C17H10ClF3O4. The summed E-state index contributed by atoms with van der Waals surface area (Å²) < 4.78 is 47.0. The van der Waals surface area contributed by atoms with Crippen molar-refractivity contribution in [3.8, 4) is 22.8 Å². The van der Waals surface area contributed by atoms with Crippen molar-refractivity contribution in [2.45, 2.75) is 13.3 Å². The number of phenolic OH excluding ortho intramolecular Hbond substituents is 1. The highest BCUT2D eigenvalue weighted by molar-refractivity contribution is 6.34. The molecule has 8 heteroatoms. The molecule has 25 heavy (non-hydrogen) atoms. The van der Waals surface area contributed by atoms with Crippen molar-refractivity contribution in [2.24, 2.45) is 0 Å². The van der Waals surface area contributed by atoms with Gasteiger partial charge in [0.05, 0.1) is 16.0 Å². The molecule has 0 amide bonds. The van der Waals surface area contributed by atoms with E-state index in [2.05, 4.69) is 4.74 Å². The number of halogens is 4. The molecule has 4 nitrogen and oxygen atoms in total. The van der Waals surface area contributed by atoms with Crippen LogP contribution in [0.1, 0.15) is 5.56 Å². The highest BCUT2D eigenvalue weighted by atomic mass is 35.5. The third-order valence-corrected chi connectivity index (χ3v) is 3.79. The molecule has 3 aromatic rings. The van der Waals surface area contributed by atoms with Gasteiger partial charge in [0.25, 0.3) is 0 Å². The summed E-state index contributed by atoms with van der Waals surface area (Å²) in [6, 6.07) is 7.69. The molecule has 0 spiro atoms. The van der Waals surface area contributed by atoms with Crippen LogP contribution in [0.15, 0.2) is 45.6 Å². The first-order valence-corrected chi connectivity index (χ1v) is 7.35. The fraction of sp³-hybridized carbons (Fsp3) is 0.118. The molecule has 0 radical (unpaired) electrons. The molecule has 0 saturated carbocycles. The average Bonchev–Trinajstić information content (AvgIpc) is 2.50. The molecule has 0 aliphatic heterocycles. The van der Waals surface area contributed by atoms with Gasteiger partial charge in [-0.05, 0) is 36.8 Å². The number of hydrogen-bond donors (Lipinski definition) is 1. The molecule has 130 valence electrons. The fourth-order valence-corrected chi connectivity index (χ4v) is 2.59. The van der Waals surface area contributed by atoms with Crippen LogP contribution in [0.25, 0.3) is 22.3 Å². The SMILES string of the molecule is Cc1cc(O)c(-c2cc(=O)c3cccc(Cl)c3o2)cc1OC(F)(F)F. The van der Waals surface area contributed by atoms with Gasteiger partial charge in [0.15, 0.2) is 11.0 Å². The van der Waals surface area contributed by atoms with Crippen molar-refractivity contribution < 1.29 is 27.4 Å². The van der Waals surface area contributed by atoms with Gasteiger partial charge in [0, 0.05) is 6.07 Å². The normalized spacial score (nSPS) is 11.7. The van der Waals surface area contributed by atoms with E-state index < -0.39 is 17.5 Å². The van der Waals surface area contributed by atoms with Gasteiger partial charge in [-0.1, -0.05) is 17.7 Å². The zero-order valence-electron chi connectivity index (χ0n) is 12.6. The monoisotopic (exact) mass is 370 g/mol. The topological polar surface area (TPSA) is 59.7 Å². The van der Waals surface area contributed by atoms with Gasteiger partial charge in [0.2, 0.25) is 0 Å². The first-order valence-electron chi connectivity index (χ1n) is 6.98. The zero-order chi connectivity index (χ0) is 18.4. The number of fused-ring (bicyclic) bond motifs is 1. The summed E-state index contributed by atoms with van der Waals surface area (Å²) >= 11 is 6.00. The van der Waals surface area contributed by atoms with Crippen LogP contribution < -0.4 is 10.2 Å². The number of rotatable bonds is 2. The third kappa shape index (κ3) is 3.41. The maximum absolute atomic E-state index is 12.5. The highest BCUT2D eigenvalue weighted by Crippen LogP contribution is 2.38. The Kier molecular flexibility index (Phi) is 4.12. The number of benzene rings is 2.